The predicted octanol–water partition coefficient (Wildman–Crippen LogP) is 6.78. The molecule has 1 aromatic heterocycles. The van der Waals surface area contributed by atoms with Crippen LogP contribution in [-0.2, 0) is 5.54 Å². The molecule has 31 heavy (non-hydrogen) atoms. The van der Waals surface area contributed by atoms with Crippen molar-refractivity contribution in [3.63, 3.8) is 0 Å². The molecule has 0 aliphatic heterocycles. The fourth-order valence-electron chi connectivity index (χ4n) is 3.79. The van der Waals surface area contributed by atoms with Gasteiger partial charge in [0.1, 0.15) is 11.5 Å². The molecule has 1 saturated carbocycles. The molecular formula is C26H21BrN2O2. The molecule has 5 heteroatoms. The zero-order valence-corrected chi connectivity index (χ0v) is 18.3. The van der Waals surface area contributed by atoms with Gasteiger partial charge in [0.05, 0.1) is 0 Å². The molecule has 1 aliphatic rings. The molecule has 5 rings (SSSR count). The molecule has 1 aliphatic carbocycles. The van der Waals surface area contributed by atoms with Crippen molar-refractivity contribution in [2.24, 2.45) is 10.7 Å². The highest BCUT2D eigenvalue weighted by Crippen LogP contribution is 2.54. The van der Waals surface area contributed by atoms with Gasteiger partial charge in [0.15, 0.2) is 0 Å². The minimum absolute atomic E-state index is 0.153. The minimum atomic E-state index is -0.465. The number of aromatic hydroxyl groups is 1. The van der Waals surface area contributed by atoms with Crippen LogP contribution in [-0.4, -0.2) is 11.3 Å². The second-order valence-electron chi connectivity index (χ2n) is 7.84. The van der Waals surface area contributed by atoms with E-state index in [0.717, 1.165) is 45.3 Å². The first kappa shape index (κ1) is 19.8. The van der Waals surface area contributed by atoms with E-state index in [1.807, 2.05) is 54.6 Å². The van der Waals surface area contributed by atoms with Crippen LogP contribution in [0.5, 0.6) is 5.75 Å². The van der Waals surface area contributed by atoms with Crippen molar-refractivity contribution in [1.82, 2.24) is 0 Å². The van der Waals surface area contributed by atoms with Crippen molar-refractivity contribution >= 4 is 28.0 Å². The van der Waals surface area contributed by atoms with E-state index in [9.17, 15) is 5.11 Å². The van der Waals surface area contributed by atoms with Gasteiger partial charge in [-0.05, 0) is 36.6 Å². The first-order chi connectivity index (χ1) is 15.0. The highest BCUT2D eigenvalue weighted by atomic mass is 79.9. The van der Waals surface area contributed by atoms with Gasteiger partial charge < -0.3 is 15.3 Å². The smallest absolute Gasteiger partial charge is 0.225 e. The maximum Gasteiger partial charge on any atom is 0.225 e. The summed E-state index contributed by atoms with van der Waals surface area (Å²) >= 11 is 3.44. The van der Waals surface area contributed by atoms with Crippen LogP contribution in [0.2, 0.25) is 0 Å². The van der Waals surface area contributed by atoms with E-state index < -0.39 is 5.54 Å². The maximum atomic E-state index is 10.2. The molecular weight excluding hydrogens is 452 g/mol. The molecule has 0 radical (unpaired) electrons. The number of aliphatic imine (C=N–C) groups is 1. The molecule has 0 saturated heterocycles. The lowest BCUT2D eigenvalue weighted by molar-refractivity contribution is 0.474. The number of benzene rings is 3. The fraction of sp³-hybridized carbons (Fsp3) is 0.115. The largest absolute Gasteiger partial charge is 0.507 e. The molecule has 0 spiro atoms. The fourth-order valence-corrected chi connectivity index (χ4v) is 4.17. The average Bonchev–Trinajstić information content (AvgIpc) is 3.41. The zero-order chi connectivity index (χ0) is 21.4. The third-order valence-corrected chi connectivity index (χ3v) is 6.08. The van der Waals surface area contributed by atoms with Gasteiger partial charge in [-0.15, -0.1) is 0 Å². The van der Waals surface area contributed by atoms with Gasteiger partial charge in [0.25, 0.3) is 0 Å². The molecule has 0 amide bonds. The summed E-state index contributed by atoms with van der Waals surface area (Å²) in [5.74, 6) is 1.39. The van der Waals surface area contributed by atoms with E-state index in [-0.39, 0.29) is 5.75 Å². The molecule has 154 valence electrons. The summed E-state index contributed by atoms with van der Waals surface area (Å²) in [6, 6.07) is 25.4. The molecule has 4 nitrogen and oxygen atoms in total. The van der Waals surface area contributed by atoms with E-state index >= 15 is 0 Å². The normalized spacial score (nSPS) is 14.8. The first-order valence-electron chi connectivity index (χ1n) is 10.1. The van der Waals surface area contributed by atoms with Gasteiger partial charge in [0, 0.05) is 38.5 Å². The number of phenols is 1. The Hall–Kier alpha value is -3.15. The highest BCUT2D eigenvalue weighted by Gasteiger charge is 2.46. The van der Waals surface area contributed by atoms with Gasteiger partial charge in [-0.1, -0.05) is 76.6 Å². The van der Waals surface area contributed by atoms with Gasteiger partial charge in [0.2, 0.25) is 5.88 Å². The Morgan fingerprint density at radius 1 is 0.935 bits per heavy atom. The standard InChI is InChI=1S/C26H21BrN2O2/c27-20-11-12-21(30)19(15-20)16-29-25-23(26(28)13-14-26)22(17-7-3-1-4-8-17)24(31-25)18-9-5-2-6-10-18/h1-12,15-16,30H,13-14,28H2. The Morgan fingerprint density at radius 3 is 2.23 bits per heavy atom. The number of hydrogen-bond donors (Lipinski definition) is 2. The number of halogens is 1. The van der Waals surface area contributed by atoms with Crippen LogP contribution >= 0.6 is 15.9 Å². The Kier molecular flexibility index (Phi) is 5.00. The third kappa shape index (κ3) is 3.82. The van der Waals surface area contributed by atoms with Gasteiger partial charge in [-0.2, -0.15) is 0 Å². The lowest BCUT2D eigenvalue weighted by Crippen LogP contribution is -2.19. The number of nitrogens with zero attached hydrogens (tertiary/aromatic N) is 1. The monoisotopic (exact) mass is 472 g/mol. The number of nitrogens with two attached hydrogens (primary N) is 1. The minimum Gasteiger partial charge on any atom is -0.507 e. The van der Waals surface area contributed by atoms with Crippen LogP contribution in [0.25, 0.3) is 22.5 Å². The summed E-state index contributed by atoms with van der Waals surface area (Å²) in [5, 5.41) is 10.2. The Balaban J connectivity index is 1.73. The number of phenolic OH excluding ortho intramolecular Hbond substituents is 1. The second kappa shape index (κ2) is 7.84. The summed E-state index contributed by atoms with van der Waals surface area (Å²) in [4.78, 5) is 4.66. The van der Waals surface area contributed by atoms with E-state index in [0.29, 0.717) is 11.4 Å². The molecule has 0 atom stereocenters. The van der Waals surface area contributed by atoms with Crippen LogP contribution in [0, 0.1) is 0 Å². The quantitative estimate of drug-likeness (QED) is 0.314. The summed E-state index contributed by atoms with van der Waals surface area (Å²) in [7, 11) is 0. The summed E-state index contributed by atoms with van der Waals surface area (Å²) < 4.78 is 7.23. The topological polar surface area (TPSA) is 71.8 Å². The van der Waals surface area contributed by atoms with Gasteiger partial charge in [-0.25, -0.2) is 4.99 Å². The Morgan fingerprint density at radius 2 is 1.58 bits per heavy atom. The van der Waals surface area contributed by atoms with E-state index in [4.69, 9.17) is 10.2 Å². The number of hydrogen-bond acceptors (Lipinski definition) is 4. The van der Waals surface area contributed by atoms with Gasteiger partial charge in [-0.3, -0.25) is 0 Å². The second-order valence-corrected chi connectivity index (χ2v) is 8.75. The van der Waals surface area contributed by atoms with Crippen LogP contribution < -0.4 is 5.73 Å². The van der Waals surface area contributed by atoms with Gasteiger partial charge >= 0.3 is 0 Å². The molecule has 0 bridgehead atoms. The van der Waals surface area contributed by atoms with Crippen LogP contribution in [0.15, 0.2) is 92.7 Å². The maximum absolute atomic E-state index is 10.2. The van der Waals surface area contributed by atoms with Crippen molar-refractivity contribution in [2.75, 3.05) is 0 Å². The van der Waals surface area contributed by atoms with Crippen molar-refractivity contribution in [1.29, 1.82) is 0 Å². The van der Waals surface area contributed by atoms with E-state index in [1.165, 1.54) is 0 Å². The van der Waals surface area contributed by atoms with Crippen molar-refractivity contribution < 1.29 is 9.52 Å². The van der Waals surface area contributed by atoms with Crippen LogP contribution in [0.3, 0.4) is 0 Å². The average molecular weight is 473 g/mol. The molecule has 3 aromatic carbocycles. The third-order valence-electron chi connectivity index (χ3n) is 5.59. The van der Waals surface area contributed by atoms with Crippen molar-refractivity contribution in [3.8, 4) is 28.2 Å². The van der Waals surface area contributed by atoms with Crippen LogP contribution in [0.1, 0.15) is 24.0 Å². The lowest BCUT2D eigenvalue weighted by Gasteiger charge is -2.12. The molecule has 0 unspecified atom stereocenters. The summed E-state index contributed by atoms with van der Waals surface area (Å²) in [6.45, 7) is 0. The summed E-state index contributed by atoms with van der Waals surface area (Å²) in [5.41, 5.74) is 10.8. The molecule has 4 aromatic rings. The number of rotatable bonds is 5. The lowest BCUT2D eigenvalue weighted by atomic mass is 9.93. The van der Waals surface area contributed by atoms with Crippen molar-refractivity contribution in [3.05, 3.63) is 94.5 Å². The molecule has 1 heterocycles. The van der Waals surface area contributed by atoms with Crippen molar-refractivity contribution in [2.45, 2.75) is 18.4 Å². The Bertz CT molecular complexity index is 1260. The SMILES string of the molecule is NC1(c2c(N=Cc3cc(Br)ccc3O)oc(-c3ccccc3)c2-c2ccccc2)CC1. The van der Waals surface area contributed by atoms with Crippen LogP contribution in [0.4, 0.5) is 5.88 Å². The molecule has 3 N–H and O–H groups in total. The predicted molar refractivity (Wildman–Crippen MR) is 128 cm³/mol. The summed E-state index contributed by atoms with van der Waals surface area (Å²) in [6.07, 6.45) is 3.38. The zero-order valence-electron chi connectivity index (χ0n) is 16.8. The Labute approximate surface area is 189 Å². The van der Waals surface area contributed by atoms with E-state index in [2.05, 4.69) is 33.1 Å². The first-order valence-corrected chi connectivity index (χ1v) is 10.9. The van der Waals surface area contributed by atoms with E-state index in [1.54, 1.807) is 18.3 Å². The molecule has 1 fully saturated rings. The number of furan rings is 1. The highest BCUT2D eigenvalue weighted by molar-refractivity contribution is 9.10.